The van der Waals surface area contributed by atoms with Gasteiger partial charge in [-0.05, 0) is 87.2 Å². The van der Waals surface area contributed by atoms with Gasteiger partial charge in [0, 0.05) is 17.1 Å². The van der Waals surface area contributed by atoms with Gasteiger partial charge in [0.05, 0.1) is 10.6 Å². The summed E-state index contributed by atoms with van der Waals surface area (Å²) < 4.78 is 29.8. The molecule has 3 aromatic rings. The quantitative estimate of drug-likeness (QED) is 0.305. The second kappa shape index (κ2) is 13.3. The molecule has 1 N–H and O–H groups in total. The molecule has 7 nitrogen and oxygen atoms in total. The van der Waals surface area contributed by atoms with Gasteiger partial charge in [0.1, 0.15) is 12.6 Å². The van der Waals surface area contributed by atoms with E-state index in [1.54, 1.807) is 37.3 Å². The second-order valence-corrected chi connectivity index (χ2v) is 12.6. The summed E-state index contributed by atoms with van der Waals surface area (Å²) in [5, 5.41) is 2.94. The Labute approximate surface area is 240 Å². The number of rotatable bonds is 11. The molecule has 0 bridgehead atoms. The summed E-state index contributed by atoms with van der Waals surface area (Å²) in [6.07, 6.45) is 0.745. The van der Waals surface area contributed by atoms with Crippen molar-refractivity contribution in [3.05, 3.63) is 94.0 Å². The summed E-state index contributed by atoms with van der Waals surface area (Å²) in [4.78, 5) is 28.6. The third-order valence-electron chi connectivity index (χ3n) is 6.54. The number of halogens is 1. The SMILES string of the molecule is CCC(C)NC(=O)C(C)N(Cc1ccc(Br)cc1)C(=O)CN(c1cc(C)cc(C)c1)S(=O)(=O)c1ccccc1. The molecule has 0 heterocycles. The molecule has 0 saturated carbocycles. The lowest BCUT2D eigenvalue weighted by Gasteiger charge is -2.32. The Hall–Kier alpha value is -3.17. The highest BCUT2D eigenvalue weighted by molar-refractivity contribution is 9.10. The van der Waals surface area contributed by atoms with E-state index in [4.69, 9.17) is 0 Å². The van der Waals surface area contributed by atoms with Crippen LogP contribution in [-0.4, -0.2) is 43.8 Å². The molecule has 208 valence electrons. The molecule has 2 atom stereocenters. The van der Waals surface area contributed by atoms with Crippen molar-refractivity contribution in [2.24, 2.45) is 0 Å². The van der Waals surface area contributed by atoms with Crippen molar-refractivity contribution in [1.29, 1.82) is 0 Å². The Kier molecular flexibility index (Phi) is 10.3. The predicted octanol–water partition coefficient (Wildman–Crippen LogP) is 5.59. The Balaban J connectivity index is 2.04. The summed E-state index contributed by atoms with van der Waals surface area (Å²) in [7, 11) is -4.08. The number of aryl methyl sites for hydroxylation is 2. The van der Waals surface area contributed by atoms with Crippen LogP contribution in [0.3, 0.4) is 0 Å². The van der Waals surface area contributed by atoms with E-state index in [-0.39, 0.29) is 23.4 Å². The largest absolute Gasteiger partial charge is 0.352 e. The van der Waals surface area contributed by atoms with Crippen molar-refractivity contribution < 1.29 is 18.0 Å². The fourth-order valence-electron chi connectivity index (χ4n) is 4.18. The summed E-state index contributed by atoms with van der Waals surface area (Å²) >= 11 is 3.42. The van der Waals surface area contributed by atoms with E-state index in [1.807, 2.05) is 58.0 Å². The van der Waals surface area contributed by atoms with Crippen LogP contribution in [0.1, 0.15) is 43.9 Å². The first-order valence-electron chi connectivity index (χ1n) is 12.9. The van der Waals surface area contributed by atoms with Crippen LogP contribution < -0.4 is 9.62 Å². The van der Waals surface area contributed by atoms with E-state index in [0.29, 0.717) is 5.69 Å². The number of sulfonamides is 1. The highest BCUT2D eigenvalue weighted by Gasteiger charge is 2.32. The van der Waals surface area contributed by atoms with E-state index >= 15 is 0 Å². The molecule has 2 unspecified atom stereocenters. The average Bonchev–Trinajstić information content (AvgIpc) is 2.90. The maximum atomic E-state index is 14.0. The third-order valence-corrected chi connectivity index (χ3v) is 8.86. The lowest BCUT2D eigenvalue weighted by Crippen LogP contribution is -2.52. The number of hydrogen-bond acceptors (Lipinski definition) is 4. The van der Waals surface area contributed by atoms with Crippen LogP contribution in [0.4, 0.5) is 5.69 Å². The fraction of sp³-hybridized carbons (Fsp3) is 0.333. The van der Waals surface area contributed by atoms with Crippen LogP contribution in [0.2, 0.25) is 0 Å². The van der Waals surface area contributed by atoms with Crippen LogP contribution in [0.5, 0.6) is 0 Å². The van der Waals surface area contributed by atoms with Crippen LogP contribution >= 0.6 is 15.9 Å². The molecule has 0 aliphatic carbocycles. The zero-order valence-corrected chi connectivity index (χ0v) is 25.4. The molecule has 9 heteroatoms. The lowest BCUT2D eigenvalue weighted by molar-refractivity contribution is -0.139. The van der Waals surface area contributed by atoms with Crippen molar-refractivity contribution in [2.45, 2.75) is 64.6 Å². The van der Waals surface area contributed by atoms with E-state index in [9.17, 15) is 18.0 Å². The molecule has 3 aromatic carbocycles. The van der Waals surface area contributed by atoms with Crippen molar-refractivity contribution in [3.63, 3.8) is 0 Å². The number of nitrogens with one attached hydrogen (secondary N) is 1. The van der Waals surface area contributed by atoms with Gasteiger partial charge in [-0.2, -0.15) is 0 Å². The smallest absolute Gasteiger partial charge is 0.264 e. The second-order valence-electron chi connectivity index (χ2n) is 9.81. The van der Waals surface area contributed by atoms with Gasteiger partial charge >= 0.3 is 0 Å². The highest BCUT2D eigenvalue weighted by Crippen LogP contribution is 2.26. The lowest BCUT2D eigenvalue weighted by atomic mass is 10.1. The molecule has 3 rings (SSSR count). The number of nitrogens with zero attached hydrogens (tertiary/aromatic N) is 2. The predicted molar refractivity (Wildman–Crippen MR) is 159 cm³/mol. The van der Waals surface area contributed by atoms with Gasteiger partial charge in [-0.25, -0.2) is 8.42 Å². The van der Waals surface area contributed by atoms with Crippen LogP contribution in [0.15, 0.2) is 82.2 Å². The van der Waals surface area contributed by atoms with Gasteiger partial charge in [0.2, 0.25) is 11.8 Å². The maximum Gasteiger partial charge on any atom is 0.264 e. The minimum atomic E-state index is -4.08. The van der Waals surface area contributed by atoms with E-state index in [0.717, 1.165) is 31.9 Å². The fourth-order valence-corrected chi connectivity index (χ4v) is 5.86. The summed E-state index contributed by atoms with van der Waals surface area (Å²) in [6, 6.07) is 20.1. The summed E-state index contributed by atoms with van der Waals surface area (Å²) in [5.74, 6) is -0.776. The zero-order chi connectivity index (χ0) is 28.7. The monoisotopic (exact) mass is 613 g/mol. The third kappa shape index (κ3) is 7.92. The molecular formula is C30H36BrN3O4S. The molecule has 0 fully saturated rings. The Bertz CT molecular complexity index is 1380. The average molecular weight is 615 g/mol. The van der Waals surface area contributed by atoms with Gasteiger partial charge in [0.15, 0.2) is 0 Å². The number of carbonyl (C=O) groups is 2. The normalized spacial score (nSPS) is 12.9. The Morgan fingerprint density at radius 1 is 0.923 bits per heavy atom. The van der Waals surface area contributed by atoms with E-state index in [1.165, 1.54) is 17.0 Å². The number of amides is 2. The minimum Gasteiger partial charge on any atom is -0.352 e. The van der Waals surface area contributed by atoms with Gasteiger partial charge in [-0.3, -0.25) is 13.9 Å². The van der Waals surface area contributed by atoms with Gasteiger partial charge in [0.25, 0.3) is 10.0 Å². The number of anilines is 1. The molecule has 0 aliphatic heterocycles. The topological polar surface area (TPSA) is 86.8 Å². The molecule has 0 spiro atoms. The zero-order valence-electron chi connectivity index (χ0n) is 23.0. The molecule has 0 aliphatic rings. The molecule has 0 radical (unpaired) electrons. The summed E-state index contributed by atoms with van der Waals surface area (Å²) in [6.45, 7) is 8.99. The van der Waals surface area contributed by atoms with Crippen LogP contribution in [0.25, 0.3) is 0 Å². The van der Waals surface area contributed by atoms with Crippen LogP contribution in [0, 0.1) is 13.8 Å². The van der Waals surface area contributed by atoms with Gasteiger partial charge in [-0.15, -0.1) is 0 Å². The minimum absolute atomic E-state index is 0.0604. The first-order chi connectivity index (χ1) is 18.4. The number of hydrogen-bond donors (Lipinski definition) is 1. The van der Waals surface area contributed by atoms with Crippen molar-refractivity contribution in [2.75, 3.05) is 10.8 Å². The molecular weight excluding hydrogens is 578 g/mol. The molecule has 2 amide bonds. The highest BCUT2D eigenvalue weighted by atomic mass is 79.9. The first kappa shape index (κ1) is 30.4. The van der Waals surface area contributed by atoms with Crippen molar-refractivity contribution in [3.8, 4) is 0 Å². The van der Waals surface area contributed by atoms with Crippen LogP contribution in [-0.2, 0) is 26.2 Å². The standard InChI is InChI=1S/C30H36BrN3O4S/c1-6-23(4)32-30(36)24(5)33(19-25-12-14-26(31)15-13-25)29(35)20-34(27-17-21(2)16-22(3)18-27)39(37,38)28-10-8-7-9-11-28/h7-18,23-24H,6,19-20H2,1-5H3,(H,32,36). The molecule has 39 heavy (non-hydrogen) atoms. The van der Waals surface area contributed by atoms with E-state index in [2.05, 4.69) is 21.2 Å². The van der Waals surface area contributed by atoms with Gasteiger partial charge < -0.3 is 10.2 Å². The number of benzene rings is 3. The molecule has 0 saturated heterocycles. The first-order valence-corrected chi connectivity index (χ1v) is 15.2. The Morgan fingerprint density at radius 2 is 1.51 bits per heavy atom. The summed E-state index contributed by atoms with van der Waals surface area (Å²) in [5.41, 5.74) is 2.96. The van der Waals surface area contributed by atoms with Crippen molar-refractivity contribution in [1.82, 2.24) is 10.2 Å². The molecule has 0 aromatic heterocycles. The Morgan fingerprint density at radius 3 is 2.08 bits per heavy atom. The van der Waals surface area contributed by atoms with Crippen molar-refractivity contribution >= 4 is 43.5 Å². The van der Waals surface area contributed by atoms with E-state index < -0.39 is 28.5 Å². The van der Waals surface area contributed by atoms with Gasteiger partial charge in [-0.1, -0.05) is 59.3 Å². The number of carbonyl (C=O) groups excluding carboxylic acids is 2. The maximum absolute atomic E-state index is 14.0.